The molecule has 0 radical (unpaired) electrons. The Morgan fingerprint density at radius 2 is 2.21 bits per heavy atom. The lowest BCUT2D eigenvalue weighted by Crippen LogP contribution is -2.21. The smallest absolute Gasteiger partial charge is 0.218 e. The van der Waals surface area contributed by atoms with Crippen LogP contribution in [0.25, 0.3) is 0 Å². The van der Waals surface area contributed by atoms with Crippen molar-refractivity contribution in [1.82, 2.24) is 20.7 Å². The number of rotatable bonds is 7. The largest absolute Gasteiger partial charge is 0.479 e. The third-order valence-corrected chi connectivity index (χ3v) is 3.95. The average molecular weight is 383 g/mol. The van der Waals surface area contributed by atoms with Crippen LogP contribution in [0.1, 0.15) is 12.5 Å². The molecular weight excluding hydrogens is 361 g/mol. The predicted molar refractivity (Wildman–Crippen MR) is 106 cm³/mol. The fourth-order valence-corrected chi connectivity index (χ4v) is 2.75. The summed E-state index contributed by atoms with van der Waals surface area (Å²) >= 11 is 0. The molecule has 1 aliphatic heterocycles. The molecule has 0 aliphatic carbocycles. The Bertz CT molecular complexity index is 925. The van der Waals surface area contributed by atoms with Crippen molar-refractivity contribution in [2.24, 2.45) is 10.8 Å². The van der Waals surface area contributed by atoms with Gasteiger partial charge in [0.05, 0.1) is 24.1 Å². The van der Waals surface area contributed by atoms with Crippen LogP contribution in [0.3, 0.4) is 0 Å². The average Bonchev–Trinajstić information content (AvgIpc) is 3.08. The third-order valence-electron chi connectivity index (χ3n) is 3.95. The summed E-state index contributed by atoms with van der Waals surface area (Å²) < 4.78 is 20.0. The molecule has 0 atom stereocenters. The Morgan fingerprint density at radius 3 is 2.89 bits per heavy atom. The zero-order valence-electron chi connectivity index (χ0n) is 15.7. The number of anilines is 2. The maximum Gasteiger partial charge on any atom is 0.218 e. The number of pyridine rings is 2. The summed E-state index contributed by atoms with van der Waals surface area (Å²) in [5, 5.41) is 10.2. The van der Waals surface area contributed by atoms with Crippen LogP contribution in [0.5, 0.6) is 0 Å². The maximum absolute atomic E-state index is 14.6. The van der Waals surface area contributed by atoms with E-state index >= 15 is 0 Å². The summed E-state index contributed by atoms with van der Waals surface area (Å²) in [6, 6.07) is 7.01. The van der Waals surface area contributed by atoms with E-state index < -0.39 is 5.95 Å². The SMILES string of the molecule is CCO/C(N)=C1\C(Cc2ccc(Nc3cccnc3)nc2F)=CNC1=NNC. The molecule has 3 heterocycles. The number of nitrogens with two attached hydrogens (primary N) is 1. The summed E-state index contributed by atoms with van der Waals surface area (Å²) in [7, 11) is 1.68. The first kappa shape index (κ1) is 19.2. The minimum Gasteiger partial charge on any atom is -0.479 e. The molecule has 2 aromatic rings. The minimum atomic E-state index is -0.567. The van der Waals surface area contributed by atoms with Crippen molar-refractivity contribution in [2.45, 2.75) is 13.3 Å². The second-order valence-electron chi connectivity index (χ2n) is 5.86. The van der Waals surface area contributed by atoms with Gasteiger partial charge >= 0.3 is 0 Å². The lowest BCUT2D eigenvalue weighted by Gasteiger charge is -2.12. The van der Waals surface area contributed by atoms with Crippen molar-refractivity contribution < 1.29 is 9.13 Å². The second kappa shape index (κ2) is 8.85. The fourth-order valence-electron chi connectivity index (χ4n) is 2.75. The molecule has 2 aromatic heterocycles. The second-order valence-corrected chi connectivity index (χ2v) is 5.86. The molecule has 9 heteroatoms. The first-order valence-electron chi connectivity index (χ1n) is 8.78. The fraction of sp³-hybridized carbons (Fsp3) is 0.211. The highest BCUT2D eigenvalue weighted by atomic mass is 19.1. The van der Waals surface area contributed by atoms with Crippen molar-refractivity contribution in [1.29, 1.82) is 0 Å². The molecule has 0 amide bonds. The standard InChI is InChI=1S/C19H22FN7O/c1-3-28-18(21)16-13(10-24-19(16)27-22-2)9-12-6-7-15(26-17(12)20)25-14-5-4-8-23-11-14/h4-8,10-11,22H,3,9,21H2,1-2H3,(H,24,27)(H,25,26)/b18-16+. The predicted octanol–water partition coefficient (Wildman–Crippen LogP) is 2.13. The highest BCUT2D eigenvalue weighted by Crippen LogP contribution is 2.25. The van der Waals surface area contributed by atoms with Crippen molar-refractivity contribution in [2.75, 3.05) is 19.0 Å². The molecule has 0 fully saturated rings. The molecule has 28 heavy (non-hydrogen) atoms. The van der Waals surface area contributed by atoms with Gasteiger partial charge in [-0.25, -0.2) is 4.98 Å². The third kappa shape index (κ3) is 4.37. The van der Waals surface area contributed by atoms with Gasteiger partial charge in [0.2, 0.25) is 5.95 Å². The number of nitrogens with one attached hydrogen (secondary N) is 3. The number of hydrogen-bond acceptors (Lipinski definition) is 7. The summed E-state index contributed by atoms with van der Waals surface area (Å²) in [6.07, 6.45) is 5.32. The lowest BCUT2D eigenvalue weighted by atomic mass is 10.0. The van der Waals surface area contributed by atoms with Crippen LogP contribution in [0.4, 0.5) is 15.9 Å². The molecule has 0 saturated carbocycles. The van der Waals surface area contributed by atoms with Crippen LogP contribution >= 0.6 is 0 Å². The molecular formula is C19H22FN7O. The Hall–Kier alpha value is -3.62. The van der Waals surface area contributed by atoms with Gasteiger partial charge in [-0.15, -0.1) is 0 Å². The van der Waals surface area contributed by atoms with Crippen molar-refractivity contribution in [3.8, 4) is 0 Å². The van der Waals surface area contributed by atoms with Gasteiger partial charge in [-0.3, -0.25) is 4.98 Å². The molecule has 0 saturated heterocycles. The Kier molecular flexibility index (Phi) is 6.05. The Morgan fingerprint density at radius 1 is 1.36 bits per heavy atom. The van der Waals surface area contributed by atoms with E-state index in [1.807, 2.05) is 13.0 Å². The topological polar surface area (TPSA) is 109 Å². The van der Waals surface area contributed by atoms with Crippen LogP contribution in [0, 0.1) is 5.95 Å². The molecule has 1 aliphatic rings. The molecule has 0 spiro atoms. The van der Waals surface area contributed by atoms with Crippen LogP contribution in [0.2, 0.25) is 0 Å². The van der Waals surface area contributed by atoms with Gasteiger partial charge in [-0.1, -0.05) is 6.07 Å². The molecule has 0 aromatic carbocycles. The highest BCUT2D eigenvalue weighted by molar-refractivity contribution is 6.05. The van der Waals surface area contributed by atoms with Gasteiger partial charge in [0.15, 0.2) is 11.7 Å². The normalized spacial score (nSPS) is 16.4. The quantitative estimate of drug-likeness (QED) is 0.329. The van der Waals surface area contributed by atoms with E-state index in [1.165, 1.54) is 0 Å². The number of hydrogen-bond donors (Lipinski definition) is 4. The van der Waals surface area contributed by atoms with Crippen LogP contribution in [0.15, 0.2) is 65.0 Å². The highest BCUT2D eigenvalue weighted by Gasteiger charge is 2.24. The Balaban J connectivity index is 1.81. The molecule has 8 nitrogen and oxygen atoms in total. The summed E-state index contributed by atoms with van der Waals surface area (Å²) in [5.41, 5.74) is 11.3. The molecule has 5 N–H and O–H groups in total. The van der Waals surface area contributed by atoms with Crippen molar-refractivity contribution >= 4 is 17.3 Å². The van der Waals surface area contributed by atoms with E-state index in [9.17, 15) is 4.39 Å². The van der Waals surface area contributed by atoms with Gasteiger partial charge < -0.3 is 26.5 Å². The first-order chi connectivity index (χ1) is 13.6. The monoisotopic (exact) mass is 383 g/mol. The van der Waals surface area contributed by atoms with Gasteiger partial charge in [0, 0.05) is 31.4 Å². The number of hydrazone groups is 1. The summed E-state index contributed by atoms with van der Waals surface area (Å²) in [4.78, 5) is 8.01. The minimum absolute atomic E-state index is 0.232. The van der Waals surface area contributed by atoms with E-state index in [1.54, 1.807) is 43.8 Å². The van der Waals surface area contributed by atoms with Crippen LogP contribution in [-0.4, -0.2) is 29.5 Å². The van der Waals surface area contributed by atoms with Crippen LogP contribution < -0.4 is 21.8 Å². The number of aromatic nitrogens is 2. The summed E-state index contributed by atoms with van der Waals surface area (Å²) in [5.74, 6) is 0.584. The summed E-state index contributed by atoms with van der Waals surface area (Å²) in [6.45, 7) is 2.26. The Labute approximate surface area is 162 Å². The zero-order valence-corrected chi connectivity index (χ0v) is 15.7. The molecule has 0 unspecified atom stereocenters. The maximum atomic E-state index is 14.6. The van der Waals surface area contributed by atoms with Gasteiger partial charge in [-0.05, 0) is 30.7 Å². The lowest BCUT2D eigenvalue weighted by molar-refractivity contribution is 0.224. The number of halogens is 1. The number of nitrogens with zero attached hydrogens (tertiary/aromatic N) is 3. The van der Waals surface area contributed by atoms with Crippen LogP contribution in [-0.2, 0) is 11.2 Å². The zero-order chi connectivity index (χ0) is 19.9. The van der Waals surface area contributed by atoms with E-state index in [0.29, 0.717) is 29.4 Å². The van der Waals surface area contributed by atoms with E-state index in [-0.39, 0.29) is 12.3 Å². The van der Waals surface area contributed by atoms with Crippen molar-refractivity contribution in [3.05, 3.63) is 71.4 Å². The van der Waals surface area contributed by atoms with Crippen molar-refractivity contribution in [3.63, 3.8) is 0 Å². The van der Waals surface area contributed by atoms with Gasteiger partial charge in [0.1, 0.15) is 5.82 Å². The van der Waals surface area contributed by atoms with Gasteiger partial charge in [0.25, 0.3) is 0 Å². The van der Waals surface area contributed by atoms with E-state index in [4.69, 9.17) is 10.5 Å². The molecule has 146 valence electrons. The van der Waals surface area contributed by atoms with Gasteiger partial charge in [-0.2, -0.15) is 9.49 Å². The number of amidine groups is 1. The first-order valence-corrected chi connectivity index (χ1v) is 8.78. The molecule has 0 bridgehead atoms. The van der Waals surface area contributed by atoms with E-state index in [0.717, 1.165) is 11.3 Å². The number of ether oxygens (including phenoxy) is 1. The molecule has 3 rings (SSSR count). The van der Waals surface area contributed by atoms with E-state index in [2.05, 4.69) is 31.1 Å².